The average molecular weight is 509 g/mol. The summed E-state index contributed by atoms with van der Waals surface area (Å²) in [6, 6.07) is 15.0. The van der Waals surface area contributed by atoms with Crippen LogP contribution >= 0.6 is 11.6 Å². The number of rotatable bonds is 7. The van der Waals surface area contributed by atoms with Crippen LogP contribution in [-0.2, 0) is 16.2 Å². The molecule has 1 heterocycles. The summed E-state index contributed by atoms with van der Waals surface area (Å²) in [5.74, 6) is -1.37. The fourth-order valence-electron chi connectivity index (χ4n) is 3.67. The van der Waals surface area contributed by atoms with E-state index in [0.29, 0.717) is 29.2 Å². The highest BCUT2D eigenvalue weighted by atomic mass is 35.5. The van der Waals surface area contributed by atoms with Crippen molar-refractivity contribution < 1.29 is 28.2 Å². The van der Waals surface area contributed by atoms with Crippen molar-refractivity contribution in [3.8, 4) is 11.5 Å². The smallest absolute Gasteiger partial charge is 0.335 e. The number of para-hydroxylation sites is 1. The van der Waals surface area contributed by atoms with Crippen LogP contribution in [0.1, 0.15) is 23.6 Å². The molecular formula is C27H22ClFN2O5. The Balaban J connectivity index is 1.66. The molecule has 1 saturated heterocycles. The third-order valence-corrected chi connectivity index (χ3v) is 5.68. The van der Waals surface area contributed by atoms with Crippen LogP contribution in [0.2, 0.25) is 5.02 Å². The Morgan fingerprint density at radius 2 is 1.75 bits per heavy atom. The maximum Gasteiger partial charge on any atom is 0.335 e. The summed E-state index contributed by atoms with van der Waals surface area (Å²) >= 11 is 6.48. The first-order valence-electron chi connectivity index (χ1n) is 11.1. The first-order chi connectivity index (χ1) is 17.3. The monoisotopic (exact) mass is 508 g/mol. The molecule has 3 aromatic carbocycles. The molecule has 9 heteroatoms. The molecule has 1 aliphatic heterocycles. The Kier molecular flexibility index (Phi) is 7.36. The van der Waals surface area contributed by atoms with Gasteiger partial charge in [0.1, 0.15) is 18.0 Å². The molecule has 0 atom stereocenters. The zero-order chi connectivity index (χ0) is 25.8. The second kappa shape index (κ2) is 10.6. The van der Waals surface area contributed by atoms with Gasteiger partial charge in [0.2, 0.25) is 0 Å². The van der Waals surface area contributed by atoms with Crippen LogP contribution in [0, 0.1) is 12.7 Å². The molecule has 7 nitrogen and oxygen atoms in total. The van der Waals surface area contributed by atoms with Crippen molar-refractivity contribution in [3.63, 3.8) is 0 Å². The number of nitrogens with zero attached hydrogens (tertiary/aromatic N) is 1. The fourth-order valence-corrected chi connectivity index (χ4v) is 3.94. The van der Waals surface area contributed by atoms with E-state index in [9.17, 15) is 18.8 Å². The van der Waals surface area contributed by atoms with Gasteiger partial charge in [-0.2, -0.15) is 0 Å². The van der Waals surface area contributed by atoms with Crippen molar-refractivity contribution in [1.82, 2.24) is 5.32 Å². The first kappa shape index (κ1) is 24.9. The molecule has 0 saturated carbocycles. The van der Waals surface area contributed by atoms with Gasteiger partial charge in [0, 0.05) is 0 Å². The van der Waals surface area contributed by atoms with Gasteiger partial charge in [0.15, 0.2) is 11.5 Å². The quantitative estimate of drug-likeness (QED) is 0.340. The van der Waals surface area contributed by atoms with Crippen LogP contribution in [0.15, 0.2) is 66.2 Å². The number of carbonyl (C=O) groups excluding carboxylic acids is 3. The van der Waals surface area contributed by atoms with Crippen molar-refractivity contribution in [2.45, 2.75) is 20.5 Å². The summed E-state index contributed by atoms with van der Waals surface area (Å²) in [6.07, 6.45) is 1.34. The van der Waals surface area contributed by atoms with E-state index in [0.717, 1.165) is 10.5 Å². The number of nitrogens with one attached hydrogen (secondary N) is 1. The number of hydrogen-bond donors (Lipinski definition) is 1. The van der Waals surface area contributed by atoms with Crippen LogP contribution in [0.5, 0.6) is 11.5 Å². The lowest BCUT2D eigenvalue weighted by atomic mass is 10.1. The molecular weight excluding hydrogens is 487 g/mol. The van der Waals surface area contributed by atoms with Gasteiger partial charge in [-0.15, -0.1) is 0 Å². The van der Waals surface area contributed by atoms with Crippen molar-refractivity contribution in [1.29, 1.82) is 0 Å². The number of halogens is 2. The molecule has 184 valence electrons. The normalized spacial score (nSPS) is 14.7. The van der Waals surface area contributed by atoms with E-state index in [1.165, 1.54) is 24.3 Å². The van der Waals surface area contributed by atoms with Gasteiger partial charge in [0.05, 0.1) is 17.3 Å². The van der Waals surface area contributed by atoms with Gasteiger partial charge >= 0.3 is 6.03 Å². The molecule has 4 amide bonds. The third-order valence-electron chi connectivity index (χ3n) is 5.40. The van der Waals surface area contributed by atoms with Crippen LogP contribution in [0.4, 0.5) is 14.9 Å². The fraction of sp³-hybridized carbons (Fsp3) is 0.148. The van der Waals surface area contributed by atoms with Crippen molar-refractivity contribution in [3.05, 3.63) is 93.8 Å². The minimum Gasteiger partial charge on any atom is -0.490 e. The van der Waals surface area contributed by atoms with Gasteiger partial charge in [-0.1, -0.05) is 41.9 Å². The van der Waals surface area contributed by atoms with E-state index in [-0.39, 0.29) is 28.8 Å². The summed E-state index contributed by atoms with van der Waals surface area (Å²) in [6.45, 7) is 3.97. The number of urea groups is 1. The molecule has 36 heavy (non-hydrogen) atoms. The number of ether oxygens (including phenoxy) is 2. The Morgan fingerprint density at radius 3 is 2.44 bits per heavy atom. The third kappa shape index (κ3) is 5.23. The predicted molar refractivity (Wildman–Crippen MR) is 134 cm³/mol. The number of aryl methyl sites for hydroxylation is 1. The summed E-state index contributed by atoms with van der Waals surface area (Å²) in [5, 5.41) is 2.39. The number of barbiturate groups is 1. The van der Waals surface area contributed by atoms with E-state index in [4.69, 9.17) is 21.1 Å². The average Bonchev–Trinajstić information content (AvgIpc) is 2.83. The van der Waals surface area contributed by atoms with Crippen LogP contribution < -0.4 is 19.7 Å². The molecule has 0 radical (unpaired) electrons. The standard InChI is InChI=1S/C27H22ClFN2O5/c1-3-35-23-14-18(13-21(28)24(23)36-15-17-8-10-19(29)11-9-17)12-20-25(32)30-27(34)31(26(20)33)22-7-5-4-6-16(22)2/h4-14H,3,15H2,1-2H3,(H,30,32,34)/b20-12+. The van der Waals surface area contributed by atoms with E-state index in [2.05, 4.69) is 5.32 Å². The highest BCUT2D eigenvalue weighted by molar-refractivity contribution is 6.39. The zero-order valence-electron chi connectivity index (χ0n) is 19.5. The number of imide groups is 2. The highest BCUT2D eigenvalue weighted by Gasteiger charge is 2.37. The number of carbonyl (C=O) groups is 3. The van der Waals surface area contributed by atoms with Gasteiger partial charge in [-0.05, 0) is 66.9 Å². The van der Waals surface area contributed by atoms with Crippen molar-refractivity contribution in [2.75, 3.05) is 11.5 Å². The largest absolute Gasteiger partial charge is 0.490 e. The molecule has 3 aromatic rings. The Labute approximate surface area is 212 Å². The van der Waals surface area contributed by atoms with Gasteiger partial charge < -0.3 is 9.47 Å². The molecule has 0 bridgehead atoms. The Bertz CT molecular complexity index is 1370. The Hall–Kier alpha value is -4.17. The number of amides is 4. The second-order valence-corrected chi connectivity index (χ2v) is 8.33. The van der Waals surface area contributed by atoms with Crippen LogP contribution in [0.25, 0.3) is 6.08 Å². The summed E-state index contributed by atoms with van der Waals surface area (Å²) in [7, 11) is 0. The summed E-state index contributed by atoms with van der Waals surface area (Å²) in [5.41, 5.74) is 1.95. The lowest BCUT2D eigenvalue weighted by Gasteiger charge is -2.27. The van der Waals surface area contributed by atoms with E-state index < -0.39 is 17.8 Å². The van der Waals surface area contributed by atoms with E-state index >= 15 is 0 Å². The SMILES string of the molecule is CCOc1cc(/C=C2\C(=O)NC(=O)N(c3ccccc3C)C2=O)cc(Cl)c1OCc1ccc(F)cc1. The highest BCUT2D eigenvalue weighted by Crippen LogP contribution is 2.38. The van der Waals surface area contributed by atoms with Gasteiger partial charge in [-0.3, -0.25) is 14.9 Å². The zero-order valence-corrected chi connectivity index (χ0v) is 20.3. The van der Waals surface area contributed by atoms with Gasteiger partial charge in [0.25, 0.3) is 11.8 Å². The minimum absolute atomic E-state index is 0.120. The van der Waals surface area contributed by atoms with Crippen LogP contribution in [0.3, 0.4) is 0 Å². The first-order valence-corrected chi connectivity index (χ1v) is 11.5. The molecule has 1 N–H and O–H groups in total. The van der Waals surface area contributed by atoms with Crippen molar-refractivity contribution >= 4 is 41.2 Å². The van der Waals surface area contributed by atoms with E-state index in [1.54, 1.807) is 56.3 Å². The summed E-state index contributed by atoms with van der Waals surface area (Å²) in [4.78, 5) is 39.2. The Morgan fingerprint density at radius 1 is 1.03 bits per heavy atom. The summed E-state index contributed by atoms with van der Waals surface area (Å²) < 4.78 is 24.7. The predicted octanol–water partition coefficient (Wildman–Crippen LogP) is 5.43. The lowest BCUT2D eigenvalue weighted by Crippen LogP contribution is -2.54. The maximum atomic E-state index is 13.2. The molecule has 0 spiro atoms. The van der Waals surface area contributed by atoms with Gasteiger partial charge in [-0.25, -0.2) is 14.1 Å². The van der Waals surface area contributed by atoms with Crippen LogP contribution in [-0.4, -0.2) is 24.5 Å². The number of anilines is 1. The minimum atomic E-state index is -0.825. The molecule has 0 unspecified atom stereocenters. The molecule has 1 fully saturated rings. The molecule has 1 aliphatic rings. The number of benzene rings is 3. The topological polar surface area (TPSA) is 84.9 Å². The lowest BCUT2D eigenvalue weighted by molar-refractivity contribution is -0.122. The molecule has 0 aromatic heterocycles. The molecule has 0 aliphatic carbocycles. The van der Waals surface area contributed by atoms with Crippen molar-refractivity contribution in [2.24, 2.45) is 0 Å². The number of hydrogen-bond acceptors (Lipinski definition) is 5. The second-order valence-electron chi connectivity index (χ2n) is 7.92. The molecule has 4 rings (SSSR count). The van der Waals surface area contributed by atoms with E-state index in [1.807, 2.05) is 0 Å². The maximum absolute atomic E-state index is 13.2.